The first-order valence-corrected chi connectivity index (χ1v) is 7.67. The van der Waals surface area contributed by atoms with Gasteiger partial charge in [0, 0.05) is 17.6 Å². The number of aromatic nitrogens is 1. The zero-order valence-corrected chi connectivity index (χ0v) is 12.4. The maximum Gasteiger partial charge on any atom is 0.231 e. The van der Waals surface area contributed by atoms with Gasteiger partial charge in [-0.05, 0) is 48.3 Å². The van der Waals surface area contributed by atoms with E-state index < -0.39 is 0 Å². The molecule has 1 fully saturated rings. The molecule has 4 nitrogen and oxygen atoms in total. The van der Waals surface area contributed by atoms with Crippen LogP contribution >= 0.6 is 0 Å². The first-order chi connectivity index (χ1) is 10.2. The second-order valence-electron chi connectivity index (χ2n) is 6.25. The van der Waals surface area contributed by atoms with Crippen LogP contribution in [0.4, 0.5) is 5.82 Å². The van der Waals surface area contributed by atoms with E-state index in [2.05, 4.69) is 24.1 Å². The van der Waals surface area contributed by atoms with Gasteiger partial charge in [-0.15, -0.1) is 0 Å². The Hall–Kier alpha value is -1.97. The highest BCUT2D eigenvalue weighted by molar-refractivity contribution is 5.94. The van der Waals surface area contributed by atoms with E-state index in [-0.39, 0.29) is 0 Å². The molecule has 0 saturated heterocycles. The van der Waals surface area contributed by atoms with E-state index in [9.17, 15) is 0 Å². The van der Waals surface area contributed by atoms with Gasteiger partial charge in [0.05, 0.1) is 0 Å². The Morgan fingerprint density at radius 1 is 1.14 bits per heavy atom. The summed E-state index contributed by atoms with van der Waals surface area (Å²) in [5, 5.41) is 5.89. The predicted molar refractivity (Wildman–Crippen MR) is 82.8 cm³/mol. The van der Waals surface area contributed by atoms with Crippen LogP contribution in [0.1, 0.15) is 26.7 Å². The van der Waals surface area contributed by atoms with Crippen molar-refractivity contribution in [2.45, 2.75) is 32.7 Å². The number of rotatable bonds is 2. The Balaban J connectivity index is 1.72. The van der Waals surface area contributed by atoms with Gasteiger partial charge in [-0.3, -0.25) is 0 Å². The number of benzene rings is 1. The minimum Gasteiger partial charge on any atom is -0.454 e. The first-order valence-electron chi connectivity index (χ1n) is 7.67. The van der Waals surface area contributed by atoms with E-state index in [4.69, 9.17) is 9.47 Å². The molecule has 2 heterocycles. The van der Waals surface area contributed by atoms with Crippen LogP contribution in [0.2, 0.25) is 0 Å². The molecule has 1 N–H and O–H groups in total. The zero-order valence-electron chi connectivity index (χ0n) is 12.4. The van der Waals surface area contributed by atoms with E-state index in [0.29, 0.717) is 18.8 Å². The van der Waals surface area contributed by atoms with Crippen LogP contribution in [0.15, 0.2) is 24.4 Å². The number of hydrogen-bond donors (Lipinski definition) is 1. The van der Waals surface area contributed by atoms with Crippen LogP contribution in [0.25, 0.3) is 10.8 Å². The van der Waals surface area contributed by atoms with E-state index in [0.717, 1.165) is 34.0 Å². The fraction of sp³-hybridized carbons (Fsp3) is 0.471. The van der Waals surface area contributed by atoms with Gasteiger partial charge in [0.2, 0.25) is 6.79 Å². The van der Waals surface area contributed by atoms with E-state index >= 15 is 0 Å². The fourth-order valence-electron chi connectivity index (χ4n) is 3.42. The molecular weight excluding hydrogens is 264 g/mol. The molecule has 1 aromatic carbocycles. The SMILES string of the molecule is CC1CCC(Nc2nccc3cc4c(cc23)OCO4)C1C. The Labute approximate surface area is 124 Å². The molecule has 4 heteroatoms. The lowest BCUT2D eigenvalue weighted by Gasteiger charge is -2.21. The molecule has 0 amide bonds. The highest BCUT2D eigenvalue weighted by Crippen LogP contribution is 2.39. The summed E-state index contributed by atoms with van der Waals surface area (Å²) in [7, 11) is 0. The lowest BCUT2D eigenvalue weighted by Crippen LogP contribution is -2.24. The van der Waals surface area contributed by atoms with Crippen molar-refractivity contribution in [2.24, 2.45) is 11.8 Å². The van der Waals surface area contributed by atoms with Crippen molar-refractivity contribution in [2.75, 3.05) is 12.1 Å². The van der Waals surface area contributed by atoms with Gasteiger partial charge in [-0.25, -0.2) is 4.98 Å². The normalized spacial score (nSPS) is 27.2. The molecule has 4 rings (SSSR count). The average Bonchev–Trinajstić information content (AvgIpc) is 3.06. The number of fused-ring (bicyclic) bond motifs is 2. The Bertz CT molecular complexity index is 686. The van der Waals surface area contributed by atoms with Gasteiger partial charge >= 0.3 is 0 Å². The highest BCUT2D eigenvalue weighted by Gasteiger charge is 2.30. The summed E-state index contributed by atoms with van der Waals surface area (Å²) in [5.41, 5.74) is 0. The van der Waals surface area contributed by atoms with Crippen LogP contribution in [0.5, 0.6) is 11.5 Å². The topological polar surface area (TPSA) is 43.4 Å². The summed E-state index contributed by atoms with van der Waals surface area (Å²) in [4.78, 5) is 4.55. The monoisotopic (exact) mass is 284 g/mol. The van der Waals surface area contributed by atoms with Crippen molar-refractivity contribution in [3.63, 3.8) is 0 Å². The third kappa shape index (κ3) is 2.09. The van der Waals surface area contributed by atoms with Crippen molar-refractivity contribution in [1.82, 2.24) is 4.98 Å². The Morgan fingerprint density at radius 3 is 2.71 bits per heavy atom. The zero-order chi connectivity index (χ0) is 14.4. The van der Waals surface area contributed by atoms with Crippen molar-refractivity contribution in [3.8, 4) is 11.5 Å². The van der Waals surface area contributed by atoms with Crippen LogP contribution in [0.3, 0.4) is 0 Å². The maximum absolute atomic E-state index is 5.49. The summed E-state index contributed by atoms with van der Waals surface area (Å²) in [6, 6.07) is 6.59. The summed E-state index contributed by atoms with van der Waals surface area (Å²) >= 11 is 0. The number of nitrogens with one attached hydrogen (secondary N) is 1. The summed E-state index contributed by atoms with van der Waals surface area (Å²) in [5.74, 6) is 4.04. The van der Waals surface area contributed by atoms with Crippen LogP contribution in [-0.4, -0.2) is 17.8 Å². The van der Waals surface area contributed by atoms with Crippen LogP contribution in [0, 0.1) is 11.8 Å². The second-order valence-corrected chi connectivity index (χ2v) is 6.25. The number of nitrogens with zero attached hydrogens (tertiary/aromatic N) is 1. The minimum absolute atomic E-state index is 0.305. The summed E-state index contributed by atoms with van der Waals surface area (Å²) < 4.78 is 10.9. The molecule has 3 unspecified atom stereocenters. The quantitative estimate of drug-likeness (QED) is 0.910. The molecule has 3 atom stereocenters. The molecule has 2 aromatic rings. The molecule has 0 bridgehead atoms. The van der Waals surface area contributed by atoms with Gasteiger partial charge in [-0.1, -0.05) is 13.8 Å². The minimum atomic E-state index is 0.305. The number of hydrogen-bond acceptors (Lipinski definition) is 4. The molecule has 2 aliphatic rings. The highest BCUT2D eigenvalue weighted by atomic mass is 16.7. The van der Waals surface area contributed by atoms with E-state index in [1.165, 1.54) is 12.8 Å². The average molecular weight is 284 g/mol. The molecule has 1 aliphatic carbocycles. The molecule has 1 aromatic heterocycles. The Morgan fingerprint density at radius 2 is 1.95 bits per heavy atom. The third-order valence-electron chi connectivity index (χ3n) is 5.04. The smallest absolute Gasteiger partial charge is 0.231 e. The Kier molecular flexibility index (Phi) is 2.91. The van der Waals surface area contributed by atoms with Crippen molar-refractivity contribution in [3.05, 3.63) is 24.4 Å². The van der Waals surface area contributed by atoms with Crippen LogP contribution < -0.4 is 14.8 Å². The van der Waals surface area contributed by atoms with Crippen molar-refractivity contribution in [1.29, 1.82) is 0 Å². The van der Waals surface area contributed by atoms with Crippen LogP contribution in [-0.2, 0) is 0 Å². The fourth-order valence-corrected chi connectivity index (χ4v) is 3.42. The summed E-state index contributed by atoms with van der Waals surface area (Å²) in [6.45, 7) is 4.97. The molecular formula is C17H20N2O2. The van der Waals surface area contributed by atoms with E-state index in [1.54, 1.807) is 0 Å². The molecule has 1 aliphatic heterocycles. The third-order valence-corrected chi connectivity index (χ3v) is 5.04. The van der Waals surface area contributed by atoms with E-state index in [1.807, 2.05) is 24.4 Å². The van der Waals surface area contributed by atoms with Crippen molar-refractivity contribution >= 4 is 16.6 Å². The lowest BCUT2D eigenvalue weighted by atomic mass is 9.97. The molecule has 0 spiro atoms. The van der Waals surface area contributed by atoms with Gasteiger partial charge in [-0.2, -0.15) is 0 Å². The lowest BCUT2D eigenvalue weighted by molar-refractivity contribution is 0.174. The first kappa shape index (κ1) is 12.7. The number of pyridine rings is 1. The largest absolute Gasteiger partial charge is 0.454 e. The number of anilines is 1. The standard InChI is InChI=1S/C17H20N2O2/c1-10-3-4-14(11(10)2)19-17-13-8-16-15(20-9-21-16)7-12(13)5-6-18-17/h5-8,10-11,14H,3-4,9H2,1-2H3,(H,18,19). The molecule has 0 radical (unpaired) electrons. The molecule has 110 valence electrons. The molecule has 21 heavy (non-hydrogen) atoms. The van der Waals surface area contributed by atoms with Gasteiger partial charge in [0.25, 0.3) is 0 Å². The van der Waals surface area contributed by atoms with Gasteiger partial charge in [0.1, 0.15) is 5.82 Å². The van der Waals surface area contributed by atoms with Crippen molar-refractivity contribution < 1.29 is 9.47 Å². The second kappa shape index (κ2) is 4.79. The van der Waals surface area contributed by atoms with Gasteiger partial charge in [0.15, 0.2) is 11.5 Å². The number of ether oxygens (including phenoxy) is 2. The molecule has 1 saturated carbocycles. The summed E-state index contributed by atoms with van der Waals surface area (Å²) in [6.07, 6.45) is 4.36. The maximum atomic E-state index is 5.49. The predicted octanol–water partition coefficient (Wildman–Crippen LogP) is 3.81. The van der Waals surface area contributed by atoms with Gasteiger partial charge < -0.3 is 14.8 Å².